The van der Waals surface area contributed by atoms with Gasteiger partial charge in [0.2, 0.25) is 0 Å². The van der Waals surface area contributed by atoms with Gasteiger partial charge in [-0.05, 0) is 46.6 Å². The highest BCUT2D eigenvalue weighted by molar-refractivity contribution is 9.10. The standard InChI is InChI=1S/C14H14BrN3OS/c1-8-5-6-17-14(12(8)13(16)20)18-11-7-9(19-2)3-4-10(11)15/h3-7H,1-2H3,(H2,16,20)(H,17,18). The number of nitrogens with one attached hydrogen (secondary N) is 1. The molecule has 0 bridgehead atoms. The number of nitrogens with two attached hydrogens (primary N) is 1. The smallest absolute Gasteiger partial charge is 0.140 e. The third-order valence-electron chi connectivity index (χ3n) is 2.83. The summed E-state index contributed by atoms with van der Waals surface area (Å²) in [6.07, 6.45) is 1.72. The zero-order chi connectivity index (χ0) is 14.7. The number of halogens is 1. The van der Waals surface area contributed by atoms with Gasteiger partial charge in [0.25, 0.3) is 0 Å². The summed E-state index contributed by atoms with van der Waals surface area (Å²) in [7, 11) is 1.62. The number of aromatic nitrogens is 1. The van der Waals surface area contributed by atoms with Gasteiger partial charge in [0.05, 0.1) is 18.4 Å². The van der Waals surface area contributed by atoms with E-state index in [1.807, 2.05) is 31.2 Å². The molecule has 1 aromatic heterocycles. The van der Waals surface area contributed by atoms with E-state index in [1.165, 1.54) is 0 Å². The van der Waals surface area contributed by atoms with Crippen molar-refractivity contribution in [2.45, 2.75) is 6.92 Å². The molecule has 0 saturated heterocycles. The van der Waals surface area contributed by atoms with E-state index in [1.54, 1.807) is 13.3 Å². The molecule has 0 atom stereocenters. The highest BCUT2D eigenvalue weighted by Crippen LogP contribution is 2.30. The molecule has 0 spiro atoms. The SMILES string of the molecule is COc1ccc(Br)c(Nc2nccc(C)c2C(N)=S)c1. The van der Waals surface area contributed by atoms with Crippen LogP contribution in [-0.2, 0) is 0 Å². The van der Waals surface area contributed by atoms with Crippen LogP contribution in [0.15, 0.2) is 34.9 Å². The highest BCUT2D eigenvalue weighted by Gasteiger charge is 2.11. The maximum absolute atomic E-state index is 5.78. The monoisotopic (exact) mass is 351 g/mol. The number of anilines is 2. The Labute approximate surface area is 131 Å². The van der Waals surface area contributed by atoms with Gasteiger partial charge in [-0.15, -0.1) is 0 Å². The molecule has 104 valence electrons. The van der Waals surface area contributed by atoms with E-state index >= 15 is 0 Å². The van der Waals surface area contributed by atoms with Crippen molar-refractivity contribution in [1.82, 2.24) is 4.98 Å². The molecule has 0 aliphatic rings. The molecule has 0 amide bonds. The molecule has 1 heterocycles. The molecule has 4 nitrogen and oxygen atoms in total. The topological polar surface area (TPSA) is 60.2 Å². The van der Waals surface area contributed by atoms with Crippen LogP contribution in [0.25, 0.3) is 0 Å². The van der Waals surface area contributed by atoms with Crippen molar-refractivity contribution in [1.29, 1.82) is 0 Å². The number of rotatable bonds is 4. The lowest BCUT2D eigenvalue weighted by Gasteiger charge is -2.14. The number of ether oxygens (including phenoxy) is 1. The minimum absolute atomic E-state index is 0.317. The van der Waals surface area contributed by atoms with Crippen molar-refractivity contribution in [2.24, 2.45) is 5.73 Å². The average Bonchev–Trinajstić information content (AvgIpc) is 2.41. The zero-order valence-corrected chi connectivity index (χ0v) is 13.5. The summed E-state index contributed by atoms with van der Waals surface area (Å²) in [5.74, 6) is 1.38. The second-order valence-electron chi connectivity index (χ2n) is 4.19. The molecule has 0 aliphatic carbocycles. The maximum atomic E-state index is 5.78. The number of hydrogen-bond donors (Lipinski definition) is 2. The van der Waals surface area contributed by atoms with Gasteiger partial charge in [0.15, 0.2) is 0 Å². The quantitative estimate of drug-likeness (QED) is 0.825. The maximum Gasteiger partial charge on any atom is 0.140 e. The number of methoxy groups -OCH3 is 1. The van der Waals surface area contributed by atoms with Crippen LogP contribution in [0.2, 0.25) is 0 Å². The molecule has 0 aliphatic heterocycles. The van der Waals surface area contributed by atoms with Crippen LogP contribution in [0.5, 0.6) is 5.75 Å². The van der Waals surface area contributed by atoms with Gasteiger partial charge in [-0.2, -0.15) is 0 Å². The molecule has 3 N–H and O–H groups in total. The Morgan fingerprint density at radius 3 is 2.80 bits per heavy atom. The van der Waals surface area contributed by atoms with Gasteiger partial charge in [-0.1, -0.05) is 12.2 Å². The second-order valence-corrected chi connectivity index (χ2v) is 5.48. The summed E-state index contributed by atoms with van der Waals surface area (Å²) in [5.41, 5.74) is 8.34. The molecule has 6 heteroatoms. The van der Waals surface area contributed by atoms with Gasteiger partial charge < -0.3 is 15.8 Å². The first-order valence-corrected chi connectivity index (χ1v) is 7.09. The van der Waals surface area contributed by atoms with Crippen molar-refractivity contribution >= 4 is 44.6 Å². The lowest BCUT2D eigenvalue weighted by Crippen LogP contribution is -2.14. The lowest BCUT2D eigenvalue weighted by atomic mass is 10.1. The Morgan fingerprint density at radius 2 is 2.15 bits per heavy atom. The number of aryl methyl sites for hydroxylation is 1. The Bertz CT molecular complexity index is 661. The third-order valence-corrected chi connectivity index (χ3v) is 3.73. The highest BCUT2D eigenvalue weighted by atomic mass is 79.9. The van der Waals surface area contributed by atoms with Gasteiger partial charge in [0, 0.05) is 16.7 Å². The molecule has 20 heavy (non-hydrogen) atoms. The van der Waals surface area contributed by atoms with E-state index in [0.717, 1.165) is 27.0 Å². The first-order chi connectivity index (χ1) is 9.52. The van der Waals surface area contributed by atoms with Crippen LogP contribution in [0.1, 0.15) is 11.1 Å². The molecule has 2 rings (SSSR count). The average molecular weight is 352 g/mol. The molecule has 0 radical (unpaired) electrons. The van der Waals surface area contributed by atoms with Crippen LogP contribution in [-0.4, -0.2) is 17.1 Å². The molecular formula is C14H14BrN3OS. The van der Waals surface area contributed by atoms with Crippen LogP contribution in [0.4, 0.5) is 11.5 Å². The minimum atomic E-state index is 0.317. The minimum Gasteiger partial charge on any atom is -0.497 e. The second kappa shape index (κ2) is 6.19. The predicted octanol–water partition coefficient (Wildman–Crippen LogP) is 3.54. The summed E-state index contributed by atoms with van der Waals surface area (Å²) in [4.78, 5) is 4.63. The number of hydrogen-bond acceptors (Lipinski definition) is 4. The number of nitrogens with zero attached hydrogens (tertiary/aromatic N) is 1. The van der Waals surface area contributed by atoms with Crippen LogP contribution < -0.4 is 15.8 Å². The van der Waals surface area contributed by atoms with Crippen molar-refractivity contribution in [3.8, 4) is 5.75 Å². The van der Waals surface area contributed by atoms with Crippen molar-refractivity contribution in [3.05, 3.63) is 46.1 Å². The van der Waals surface area contributed by atoms with Gasteiger partial charge in [-0.25, -0.2) is 4.98 Å². The lowest BCUT2D eigenvalue weighted by molar-refractivity contribution is 0.415. The van der Waals surface area contributed by atoms with Gasteiger partial charge in [-0.3, -0.25) is 0 Å². The fourth-order valence-electron chi connectivity index (χ4n) is 1.82. The van der Waals surface area contributed by atoms with Crippen LogP contribution in [0, 0.1) is 6.92 Å². The predicted molar refractivity (Wildman–Crippen MR) is 88.8 cm³/mol. The van der Waals surface area contributed by atoms with Gasteiger partial charge in [0.1, 0.15) is 16.6 Å². The summed E-state index contributed by atoms with van der Waals surface area (Å²) >= 11 is 8.58. The summed E-state index contributed by atoms with van der Waals surface area (Å²) in [5, 5.41) is 3.23. The Kier molecular flexibility index (Phi) is 4.57. The Hall–Kier alpha value is -1.66. The molecule has 1 aromatic carbocycles. The number of pyridine rings is 1. The third kappa shape index (κ3) is 3.08. The first kappa shape index (κ1) is 14.7. The Balaban J connectivity index is 2.45. The van der Waals surface area contributed by atoms with Gasteiger partial charge >= 0.3 is 0 Å². The van der Waals surface area contributed by atoms with E-state index in [-0.39, 0.29) is 0 Å². The fourth-order valence-corrected chi connectivity index (χ4v) is 2.42. The zero-order valence-electron chi connectivity index (χ0n) is 11.1. The van der Waals surface area contributed by atoms with E-state index in [9.17, 15) is 0 Å². The summed E-state index contributed by atoms with van der Waals surface area (Å²) in [6.45, 7) is 1.95. The van der Waals surface area contributed by atoms with E-state index in [2.05, 4.69) is 26.2 Å². The molecule has 2 aromatic rings. The summed E-state index contributed by atoms with van der Waals surface area (Å²) in [6, 6.07) is 7.52. The first-order valence-electron chi connectivity index (χ1n) is 5.89. The van der Waals surface area contributed by atoms with E-state index < -0.39 is 0 Å². The molecule has 0 fully saturated rings. The van der Waals surface area contributed by atoms with Crippen molar-refractivity contribution in [2.75, 3.05) is 12.4 Å². The fraction of sp³-hybridized carbons (Fsp3) is 0.143. The molecule has 0 saturated carbocycles. The van der Waals surface area contributed by atoms with Crippen molar-refractivity contribution < 1.29 is 4.74 Å². The van der Waals surface area contributed by atoms with Crippen LogP contribution >= 0.6 is 28.1 Å². The normalized spacial score (nSPS) is 10.2. The molecular weight excluding hydrogens is 338 g/mol. The van der Waals surface area contributed by atoms with E-state index in [0.29, 0.717) is 10.8 Å². The van der Waals surface area contributed by atoms with E-state index in [4.69, 9.17) is 22.7 Å². The summed E-state index contributed by atoms with van der Waals surface area (Å²) < 4.78 is 6.12. The largest absolute Gasteiger partial charge is 0.497 e. The number of benzene rings is 1. The van der Waals surface area contributed by atoms with Crippen molar-refractivity contribution in [3.63, 3.8) is 0 Å². The number of thiocarbonyl (C=S) groups is 1. The Morgan fingerprint density at radius 1 is 1.40 bits per heavy atom. The van der Waals surface area contributed by atoms with Crippen LogP contribution in [0.3, 0.4) is 0 Å². The molecule has 0 unspecified atom stereocenters.